The van der Waals surface area contributed by atoms with Crippen molar-refractivity contribution in [1.29, 1.82) is 0 Å². The minimum Gasteiger partial charge on any atom is -0.772 e. The Morgan fingerprint density at radius 2 is 2.07 bits per heavy atom. The van der Waals surface area contributed by atoms with Gasteiger partial charge in [-0.2, -0.15) is 0 Å². The molecule has 0 aromatic heterocycles. The lowest BCUT2D eigenvalue weighted by Gasteiger charge is -2.13. The molecule has 0 fully saturated rings. The standard InChI is InChI=1S/C10H13NO3S/c1-8(7-15(13)14)10(12)11-9-5-3-2-4-6-9/h2-6,8H,7H2,1H3,(H,11,12)(H,13,14)/p-1/t8-/m1/s1. The Kier molecular flexibility index (Phi) is 4.45. The van der Waals surface area contributed by atoms with Crippen molar-refractivity contribution in [3.05, 3.63) is 30.3 Å². The number of hydrogen-bond donors (Lipinski definition) is 1. The molecule has 1 rings (SSSR count). The molecule has 1 unspecified atom stereocenters. The van der Waals surface area contributed by atoms with Gasteiger partial charge in [0.2, 0.25) is 5.91 Å². The molecule has 0 saturated carbocycles. The van der Waals surface area contributed by atoms with Crippen LogP contribution in [0.25, 0.3) is 0 Å². The molecule has 4 nitrogen and oxygen atoms in total. The molecular formula is C10H12NO3S-. The third kappa shape index (κ3) is 4.22. The van der Waals surface area contributed by atoms with E-state index in [0.29, 0.717) is 5.69 Å². The van der Waals surface area contributed by atoms with Gasteiger partial charge in [-0.05, 0) is 12.1 Å². The van der Waals surface area contributed by atoms with Crippen molar-refractivity contribution < 1.29 is 13.6 Å². The summed E-state index contributed by atoms with van der Waals surface area (Å²) in [4.78, 5) is 11.5. The van der Waals surface area contributed by atoms with E-state index < -0.39 is 17.0 Å². The summed E-state index contributed by atoms with van der Waals surface area (Å²) in [6.45, 7) is 1.58. The van der Waals surface area contributed by atoms with Crippen molar-refractivity contribution in [3.8, 4) is 0 Å². The van der Waals surface area contributed by atoms with Crippen LogP contribution in [0, 0.1) is 5.92 Å². The Bertz CT molecular complexity index is 353. The first-order chi connectivity index (χ1) is 7.09. The van der Waals surface area contributed by atoms with Gasteiger partial charge in [0.05, 0.1) is 0 Å². The molecule has 0 saturated heterocycles. The lowest BCUT2D eigenvalue weighted by molar-refractivity contribution is -0.118. The van der Waals surface area contributed by atoms with E-state index >= 15 is 0 Å². The zero-order valence-corrected chi connectivity index (χ0v) is 9.12. The number of carbonyl (C=O) groups excluding carboxylic acids is 1. The van der Waals surface area contributed by atoms with E-state index in [4.69, 9.17) is 0 Å². The molecule has 1 N–H and O–H groups in total. The second kappa shape index (κ2) is 5.63. The Morgan fingerprint density at radius 1 is 1.47 bits per heavy atom. The maximum absolute atomic E-state index is 11.5. The summed E-state index contributed by atoms with van der Waals surface area (Å²) in [6.07, 6.45) is 0. The van der Waals surface area contributed by atoms with E-state index in [-0.39, 0.29) is 11.7 Å². The molecule has 0 aliphatic heterocycles. The molecule has 15 heavy (non-hydrogen) atoms. The summed E-state index contributed by atoms with van der Waals surface area (Å²) in [6, 6.07) is 8.93. The van der Waals surface area contributed by atoms with Crippen molar-refractivity contribution in [3.63, 3.8) is 0 Å². The second-order valence-electron chi connectivity index (χ2n) is 3.23. The topological polar surface area (TPSA) is 69.2 Å². The number of rotatable bonds is 4. The summed E-state index contributed by atoms with van der Waals surface area (Å²) < 4.78 is 20.8. The maximum atomic E-state index is 11.5. The van der Waals surface area contributed by atoms with Gasteiger partial charge in [0.15, 0.2) is 0 Å². The molecule has 0 aliphatic rings. The fourth-order valence-corrected chi connectivity index (χ4v) is 1.63. The SMILES string of the molecule is C[C@H](CS(=O)[O-])C(=O)Nc1ccccc1. The smallest absolute Gasteiger partial charge is 0.228 e. The summed E-state index contributed by atoms with van der Waals surface area (Å²) in [5.41, 5.74) is 0.672. The van der Waals surface area contributed by atoms with Crippen molar-refractivity contribution in [1.82, 2.24) is 0 Å². The van der Waals surface area contributed by atoms with Crippen molar-refractivity contribution in [2.24, 2.45) is 5.92 Å². The van der Waals surface area contributed by atoms with Crippen molar-refractivity contribution >= 4 is 22.7 Å². The Labute approximate surface area is 91.0 Å². The van der Waals surface area contributed by atoms with Crippen molar-refractivity contribution in [2.45, 2.75) is 6.92 Å². The molecule has 0 spiro atoms. The minimum absolute atomic E-state index is 0.154. The number of para-hydroxylation sites is 1. The van der Waals surface area contributed by atoms with E-state index in [2.05, 4.69) is 5.32 Å². The summed E-state index contributed by atoms with van der Waals surface area (Å²) in [7, 11) is 0. The van der Waals surface area contributed by atoms with Crippen LogP contribution in [-0.4, -0.2) is 20.4 Å². The Hall–Kier alpha value is -1.20. The van der Waals surface area contributed by atoms with Gasteiger partial charge in [0.1, 0.15) is 0 Å². The van der Waals surface area contributed by atoms with Crippen LogP contribution in [0.3, 0.4) is 0 Å². The zero-order valence-electron chi connectivity index (χ0n) is 8.30. The van der Waals surface area contributed by atoms with Crippen molar-refractivity contribution in [2.75, 3.05) is 11.1 Å². The molecule has 0 bridgehead atoms. The number of amides is 1. The fraction of sp³-hybridized carbons (Fsp3) is 0.300. The second-order valence-corrected chi connectivity index (χ2v) is 4.17. The van der Waals surface area contributed by atoms with Crippen LogP contribution in [-0.2, 0) is 15.9 Å². The first-order valence-corrected chi connectivity index (χ1v) is 5.76. The first-order valence-electron chi connectivity index (χ1n) is 4.51. The third-order valence-corrected chi connectivity index (χ3v) is 2.65. The van der Waals surface area contributed by atoms with Crippen LogP contribution >= 0.6 is 0 Å². The van der Waals surface area contributed by atoms with Gasteiger partial charge in [0, 0.05) is 17.4 Å². The van der Waals surface area contributed by atoms with Gasteiger partial charge in [-0.3, -0.25) is 9.00 Å². The molecule has 0 aliphatic carbocycles. The van der Waals surface area contributed by atoms with Gasteiger partial charge < -0.3 is 9.87 Å². The first kappa shape index (κ1) is 11.9. The van der Waals surface area contributed by atoms with E-state index in [0.717, 1.165) is 0 Å². The van der Waals surface area contributed by atoms with Gasteiger partial charge >= 0.3 is 0 Å². The number of benzene rings is 1. The normalized spacial score (nSPS) is 14.3. The summed E-state index contributed by atoms with van der Waals surface area (Å²) >= 11 is -2.19. The summed E-state index contributed by atoms with van der Waals surface area (Å²) in [5.74, 6) is -0.979. The van der Waals surface area contributed by atoms with Crippen LogP contribution in [0.4, 0.5) is 5.69 Å². The minimum atomic E-state index is -2.19. The van der Waals surface area contributed by atoms with Crippen LogP contribution < -0.4 is 5.32 Å². The molecule has 1 aromatic carbocycles. The monoisotopic (exact) mass is 226 g/mol. The number of nitrogens with one attached hydrogen (secondary N) is 1. The number of anilines is 1. The van der Waals surface area contributed by atoms with Gasteiger partial charge in [-0.25, -0.2) is 0 Å². The average molecular weight is 226 g/mol. The van der Waals surface area contributed by atoms with Crippen LogP contribution in [0.1, 0.15) is 6.92 Å². The number of carbonyl (C=O) groups is 1. The largest absolute Gasteiger partial charge is 0.772 e. The molecule has 1 aromatic rings. The highest BCUT2D eigenvalue weighted by Gasteiger charge is 2.12. The fourth-order valence-electron chi connectivity index (χ4n) is 1.07. The number of hydrogen-bond acceptors (Lipinski definition) is 3. The van der Waals surface area contributed by atoms with Gasteiger partial charge in [-0.1, -0.05) is 36.2 Å². The molecule has 1 amide bonds. The zero-order chi connectivity index (χ0) is 11.3. The van der Waals surface area contributed by atoms with Crippen LogP contribution in [0.5, 0.6) is 0 Å². The molecule has 0 heterocycles. The van der Waals surface area contributed by atoms with E-state index in [9.17, 15) is 13.6 Å². The predicted octanol–water partition coefficient (Wildman–Crippen LogP) is 1.14. The Balaban J connectivity index is 2.52. The third-order valence-electron chi connectivity index (χ3n) is 1.87. The molecule has 82 valence electrons. The summed E-state index contributed by atoms with van der Waals surface area (Å²) in [5, 5.41) is 2.63. The van der Waals surface area contributed by atoms with Gasteiger partial charge in [-0.15, -0.1) is 0 Å². The van der Waals surface area contributed by atoms with Gasteiger partial charge in [0.25, 0.3) is 0 Å². The highest BCUT2D eigenvalue weighted by atomic mass is 32.2. The Morgan fingerprint density at radius 3 is 2.60 bits per heavy atom. The lowest BCUT2D eigenvalue weighted by atomic mass is 10.2. The van der Waals surface area contributed by atoms with E-state index in [1.54, 1.807) is 31.2 Å². The molecule has 5 heteroatoms. The molecule has 0 radical (unpaired) electrons. The molecule has 2 atom stereocenters. The van der Waals surface area contributed by atoms with E-state index in [1.807, 2.05) is 6.07 Å². The maximum Gasteiger partial charge on any atom is 0.228 e. The predicted molar refractivity (Wildman–Crippen MR) is 58.0 cm³/mol. The average Bonchev–Trinajstić information content (AvgIpc) is 2.18. The highest BCUT2D eigenvalue weighted by Crippen LogP contribution is 2.08. The van der Waals surface area contributed by atoms with Crippen LogP contribution in [0.15, 0.2) is 30.3 Å². The van der Waals surface area contributed by atoms with E-state index in [1.165, 1.54) is 0 Å². The van der Waals surface area contributed by atoms with Crippen LogP contribution in [0.2, 0.25) is 0 Å². The molecular weight excluding hydrogens is 214 g/mol. The highest BCUT2D eigenvalue weighted by molar-refractivity contribution is 7.79. The lowest BCUT2D eigenvalue weighted by Crippen LogP contribution is -2.24. The quantitative estimate of drug-likeness (QED) is 0.783.